The van der Waals surface area contributed by atoms with Crippen LogP contribution in [0.2, 0.25) is 0 Å². The molecule has 1 aromatic heterocycles. The molecule has 1 aliphatic heterocycles. The summed E-state index contributed by atoms with van der Waals surface area (Å²) in [4.78, 5) is 24.4. The van der Waals surface area contributed by atoms with E-state index in [9.17, 15) is 18.0 Å². The summed E-state index contributed by atoms with van der Waals surface area (Å²) in [5.74, 6) is -1.21. The average Bonchev–Trinajstić information content (AvgIpc) is 3.17. The number of benzene rings is 1. The number of nitrogens with one attached hydrogen (secondary N) is 1. The summed E-state index contributed by atoms with van der Waals surface area (Å²) in [6.45, 7) is 1.83. The molecule has 1 atom stereocenters. The zero-order chi connectivity index (χ0) is 17.3. The molecule has 2 aromatic rings. The second kappa shape index (κ2) is 6.04. The standard InChI is InChI=1S/C14H15N5O4S/c1-10-2-4-11(5-3-10)24(22,23)19-12(6-7-13(19)20)14(21)17-18-8-15-16-9-18/h2-5,8-9,12H,6-7H2,1H3,(H,17,21)/t12-/m1/s1. The lowest BCUT2D eigenvalue weighted by molar-refractivity contribution is -0.128. The third-order valence-electron chi connectivity index (χ3n) is 3.70. The fraction of sp³-hybridized carbons (Fsp3) is 0.286. The molecule has 0 saturated carbocycles. The molecule has 3 rings (SSSR count). The highest BCUT2D eigenvalue weighted by Crippen LogP contribution is 2.27. The maximum atomic E-state index is 12.8. The Morgan fingerprint density at radius 3 is 2.46 bits per heavy atom. The highest BCUT2D eigenvalue weighted by molar-refractivity contribution is 7.89. The predicted octanol–water partition coefficient (Wildman–Crippen LogP) is 0.0365. The Morgan fingerprint density at radius 1 is 1.21 bits per heavy atom. The van der Waals surface area contributed by atoms with E-state index in [0.29, 0.717) is 4.31 Å². The molecule has 2 amide bonds. The molecule has 126 valence electrons. The fourth-order valence-corrected chi connectivity index (χ4v) is 4.09. The number of rotatable bonds is 4. The van der Waals surface area contributed by atoms with Crippen LogP contribution in [0.4, 0.5) is 0 Å². The van der Waals surface area contributed by atoms with Gasteiger partial charge < -0.3 is 0 Å². The molecule has 1 N–H and O–H groups in total. The van der Waals surface area contributed by atoms with Gasteiger partial charge in [-0.25, -0.2) is 17.4 Å². The molecular weight excluding hydrogens is 334 g/mol. The summed E-state index contributed by atoms with van der Waals surface area (Å²) in [7, 11) is -4.10. The van der Waals surface area contributed by atoms with Crippen molar-refractivity contribution in [2.24, 2.45) is 0 Å². The van der Waals surface area contributed by atoms with Crippen molar-refractivity contribution < 1.29 is 18.0 Å². The van der Waals surface area contributed by atoms with Gasteiger partial charge in [-0.3, -0.25) is 15.0 Å². The number of aromatic nitrogens is 3. The van der Waals surface area contributed by atoms with Crippen LogP contribution in [-0.2, 0) is 19.6 Å². The van der Waals surface area contributed by atoms with Crippen LogP contribution in [0.5, 0.6) is 0 Å². The van der Waals surface area contributed by atoms with E-state index in [1.165, 1.54) is 29.5 Å². The van der Waals surface area contributed by atoms with Crippen molar-refractivity contribution in [1.82, 2.24) is 19.2 Å². The minimum absolute atomic E-state index is 0.00857. The van der Waals surface area contributed by atoms with Crippen molar-refractivity contribution in [3.8, 4) is 0 Å². The number of nitrogens with zero attached hydrogens (tertiary/aromatic N) is 4. The number of amides is 2. The molecule has 1 saturated heterocycles. The second-order valence-electron chi connectivity index (χ2n) is 5.41. The third kappa shape index (κ3) is 2.87. The van der Waals surface area contributed by atoms with E-state index in [-0.39, 0.29) is 17.7 Å². The van der Waals surface area contributed by atoms with E-state index in [2.05, 4.69) is 15.6 Å². The average molecular weight is 349 g/mol. The number of aryl methyl sites for hydroxylation is 1. The minimum atomic E-state index is -4.10. The van der Waals surface area contributed by atoms with Gasteiger partial charge >= 0.3 is 0 Å². The molecule has 24 heavy (non-hydrogen) atoms. The molecule has 1 aliphatic rings. The largest absolute Gasteiger partial charge is 0.274 e. The van der Waals surface area contributed by atoms with Crippen LogP contribution in [0.15, 0.2) is 41.8 Å². The van der Waals surface area contributed by atoms with Gasteiger partial charge in [0, 0.05) is 6.42 Å². The molecule has 9 nitrogen and oxygen atoms in total. The fourth-order valence-electron chi connectivity index (χ4n) is 2.48. The van der Waals surface area contributed by atoms with E-state index in [4.69, 9.17) is 0 Å². The highest BCUT2D eigenvalue weighted by Gasteiger charge is 2.44. The van der Waals surface area contributed by atoms with Gasteiger partial charge in [-0.05, 0) is 25.5 Å². The van der Waals surface area contributed by atoms with Gasteiger partial charge in [0.1, 0.15) is 18.7 Å². The normalized spacial score (nSPS) is 18.0. The van der Waals surface area contributed by atoms with Gasteiger partial charge in [0.2, 0.25) is 5.91 Å². The summed E-state index contributed by atoms with van der Waals surface area (Å²) in [6.07, 6.45) is 2.63. The Morgan fingerprint density at radius 2 is 1.83 bits per heavy atom. The number of sulfonamides is 1. The molecule has 10 heteroatoms. The number of hydrogen-bond donors (Lipinski definition) is 1. The highest BCUT2D eigenvalue weighted by atomic mass is 32.2. The van der Waals surface area contributed by atoms with Gasteiger partial charge in [-0.2, -0.15) is 0 Å². The first-order chi connectivity index (χ1) is 11.4. The van der Waals surface area contributed by atoms with E-state index < -0.39 is 27.9 Å². The van der Waals surface area contributed by atoms with Crippen LogP contribution >= 0.6 is 0 Å². The molecule has 0 aliphatic carbocycles. The van der Waals surface area contributed by atoms with Gasteiger partial charge in [0.25, 0.3) is 15.9 Å². The summed E-state index contributed by atoms with van der Waals surface area (Å²) in [6, 6.07) is 5.02. The van der Waals surface area contributed by atoms with Crippen LogP contribution < -0.4 is 5.43 Å². The Labute approximate surface area is 138 Å². The van der Waals surface area contributed by atoms with Gasteiger partial charge in [0.05, 0.1) is 4.90 Å². The quantitative estimate of drug-likeness (QED) is 0.833. The Hall–Kier alpha value is -2.75. The molecule has 0 spiro atoms. The molecule has 2 heterocycles. The monoisotopic (exact) mass is 349 g/mol. The summed E-state index contributed by atoms with van der Waals surface area (Å²) in [5, 5.41) is 7.08. The number of carbonyl (C=O) groups is 2. The lowest BCUT2D eigenvalue weighted by Crippen LogP contribution is -2.46. The first-order valence-corrected chi connectivity index (χ1v) is 8.63. The third-order valence-corrected chi connectivity index (χ3v) is 5.54. The van der Waals surface area contributed by atoms with Crippen molar-refractivity contribution in [2.45, 2.75) is 30.7 Å². The Balaban J connectivity index is 1.90. The summed E-state index contributed by atoms with van der Waals surface area (Å²) < 4.78 is 27.4. The molecule has 0 unspecified atom stereocenters. The zero-order valence-electron chi connectivity index (χ0n) is 12.8. The summed E-state index contributed by atoms with van der Waals surface area (Å²) in [5.41, 5.74) is 3.33. The Kier molecular flexibility index (Phi) is 4.06. The topological polar surface area (TPSA) is 114 Å². The van der Waals surface area contributed by atoms with E-state index in [1.54, 1.807) is 12.1 Å². The van der Waals surface area contributed by atoms with Crippen molar-refractivity contribution in [2.75, 3.05) is 5.43 Å². The smallest absolute Gasteiger partial charge is 0.267 e. The number of hydrogen-bond acceptors (Lipinski definition) is 6. The molecular formula is C14H15N5O4S. The first kappa shape index (κ1) is 16.1. The van der Waals surface area contributed by atoms with Crippen LogP contribution in [0, 0.1) is 6.92 Å². The van der Waals surface area contributed by atoms with Crippen LogP contribution in [0.25, 0.3) is 0 Å². The first-order valence-electron chi connectivity index (χ1n) is 7.19. The van der Waals surface area contributed by atoms with E-state index in [0.717, 1.165) is 5.56 Å². The van der Waals surface area contributed by atoms with E-state index >= 15 is 0 Å². The predicted molar refractivity (Wildman–Crippen MR) is 82.6 cm³/mol. The second-order valence-corrected chi connectivity index (χ2v) is 7.22. The van der Waals surface area contributed by atoms with Gasteiger partial charge in [-0.15, -0.1) is 10.2 Å². The molecule has 1 aromatic carbocycles. The SMILES string of the molecule is Cc1ccc(S(=O)(=O)N2C(=O)CC[C@@H]2C(=O)Nn2cnnc2)cc1. The maximum absolute atomic E-state index is 12.8. The Bertz CT molecular complexity index is 861. The van der Waals surface area contributed by atoms with Gasteiger partial charge in [0.15, 0.2) is 0 Å². The van der Waals surface area contributed by atoms with Crippen molar-refractivity contribution in [3.05, 3.63) is 42.5 Å². The summed E-state index contributed by atoms with van der Waals surface area (Å²) >= 11 is 0. The van der Waals surface area contributed by atoms with Crippen LogP contribution in [-0.4, -0.2) is 45.5 Å². The lowest BCUT2D eigenvalue weighted by atomic mass is 10.2. The number of carbonyl (C=O) groups excluding carboxylic acids is 2. The van der Waals surface area contributed by atoms with Crippen LogP contribution in [0.1, 0.15) is 18.4 Å². The maximum Gasteiger partial charge on any atom is 0.267 e. The minimum Gasteiger partial charge on any atom is -0.274 e. The van der Waals surface area contributed by atoms with Crippen molar-refractivity contribution in [3.63, 3.8) is 0 Å². The zero-order valence-corrected chi connectivity index (χ0v) is 13.6. The molecule has 0 radical (unpaired) electrons. The molecule has 1 fully saturated rings. The van der Waals surface area contributed by atoms with Crippen molar-refractivity contribution >= 4 is 21.8 Å². The van der Waals surface area contributed by atoms with Gasteiger partial charge in [-0.1, -0.05) is 17.7 Å². The van der Waals surface area contributed by atoms with Crippen LogP contribution in [0.3, 0.4) is 0 Å². The van der Waals surface area contributed by atoms with Crippen molar-refractivity contribution in [1.29, 1.82) is 0 Å². The van der Waals surface area contributed by atoms with E-state index in [1.807, 2.05) is 6.92 Å². The molecule has 0 bridgehead atoms. The lowest BCUT2D eigenvalue weighted by Gasteiger charge is -2.23.